The molecule has 0 aromatic heterocycles. The molecule has 0 aliphatic rings. The van der Waals surface area contributed by atoms with Gasteiger partial charge < -0.3 is 0 Å². The van der Waals surface area contributed by atoms with Crippen molar-refractivity contribution in [1.29, 1.82) is 0 Å². The van der Waals surface area contributed by atoms with Gasteiger partial charge in [-0.1, -0.05) is 0 Å². The minimum absolute atomic E-state index is 0.0469. The molecule has 0 atom stereocenters. The zero-order valence-corrected chi connectivity index (χ0v) is 6.98. The topological polar surface area (TPSA) is 0 Å². The molecule has 0 aromatic carbocycles. The van der Waals surface area contributed by atoms with E-state index in [1.807, 2.05) is 12.2 Å². The van der Waals surface area contributed by atoms with Crippen molar-refractivity contribution in [2.75, 3.05) is 0 Å². The Morgan fingerprint density at radius 1 is 1.14 bits per heavy atom. The van der Waals surface area contributed by atoms with Crippen molar-refractivity contribution in [3.8, 4) is 0 Å². The van der Waals surface area contributed by atoms with Crippen LogP contribution in [0.5, 0.6) is 0 Å². The van der Waals surface area contributed by atoms with Gasteiger partial charge in [0.25, 0.3) is 0 Å². The Labute approximate surface area is 51.8 Å². The van der Waals surface area contributed by atoms with E-state index in [1.165, 1.54) is 10.5 Å². The monoisotopic (exact) mass is 157 g/mol. The van der Waals surface area contributed by atoms with Gasteiger partial charge in [-0.3, -0.25) is 0 Å². The van der Waals surface area contributed by atoms with Crippen LogP contribution in [0.15, 0.2) is 25.3 Å². The number of allylic oxidation sites excluding steroid dienone is 2. The molecule has 0 aromatic rings. The summed E-state index contributed by atoms with van der Waals surface area (Å²) in [5.74, 6) is 0. The van der Waals surface area contributed by atoms with Crippen molar-refractivity contribution in [2.45, 2.75) is 10.5 Å². The van der Waals surface area contributed by atoms with Gasteiger partial charge in [0.05, 0.1) is 0 Å². The van der Waals surface area contributed by atoms with E-state index in [2.05, 4.69) is 13.2 Å². The molecule has 0 nitrogen and oxygen atoms in total. The molecule has 0 amide bonds. The average Bonchev–Trinajstić information content (AvgIpc) is 1.69. The van der Waals surface area contributed by atoms with Gasteiger partial charge >= 0.3 is 51.2 Å². The van der Waals surface area contributed by atoms with Gasteiger partial charge in [-0.15, -0.1) is 0 Å². The summed E-state index contributed by atoms with van der Waals surface area (Å²) >= 11 is 0.0469. The molecule has 0 heterocycles. The van der Waals surface area contributed by atoms with Crippen LogP contribution in [0.1, 0.15) is 0 Å². The number of hydrogen-bond acceptors (Lipinski definition) is 0. The van der Waals surface area contributed by atoms with Crippen molar-refractivity contribution >= 4 is 15.4 Å². The number of rotatable bonds is 4. The molecule has 0 unspecified atom stereocenters. The first kappa shape index (κ1) is 7.02. The van der Waals surface area contributed by atoms with Crippen LogP contribution < -0.4 is 0 Å². The van der Waals surface area contributed by atoms with Crippen molar-refractivity contribution in [3.05, 3.63) is 25.3 Å². The van der Waals surface area contributed by atoms with E-state index >= 15 is 0 Å². The van der Waals surface area contributed by atoms with Crippen LogP contribution in [0.3, 0.4) is 0 Å². The molecule has 0 fully saturated rings. The zero-order valence-electron chi connectivity index (χ0n) is 4.56. The molecule has 0 N–H and O–H groups in total. The summed E-state index contributed by atoms with van der Waals surface area (Å²) in [5, 5.41) is 2.55. The fraction of sp³-hybridized carbons (Fsp3) is 0.333. The predicted octanol–water partition coefficient (Wildman–Crippen LogP) is 1.63. The van der Waals surface area contributed by atoms with E-state index in [0.717, 1.165) is 0 Å². The molecule has 0 aliphatic carbocycles. The molecule has 1 radical (unpaired) electrons. The van der Waals surface area contributed by atoms with Crippen molar-refractivity contribution in [3.63, 3.8) is 0 Å². The maximum absolute atomic E-state index is 3.64. The first-order valence-corrected chi connectivity index (χ1v) is 5.88. The Morgan fingerprint density at radius 2 is 1.57 bits per heavy atom. The summed E-state index contributed by atoms with van der Waals surface area (Å²) in [4.78, 5) is 0. The van der Waals surface area contributed by atoms with Gasteiger partial charge in [0.2, 0.25) is 0 Å². The first-order chi connectivity index (χ1) is 3.41. The fourth-order valence-corrected chi connectivity index (χ4v) is 1.72. The molecule has 0 spiro atoms. The SMILES string of the molecule is C=C[CH2][GeH][CH2]C=C. The third kappa shape index (κ3) is 6.02. The number of hydrogen-bond donors (Lipinski definition) is 0. The molecule has 0 aliphatic heterocycles. The van der Waals surface area contributed by atoms with Crippen LogP contribution in [0.4, 0.5) is 0 Å². The van der Waals surface area contributed by atoms with Crippen LogP contribution in [-0.2, 0) is 0 Å². The Morgan fingerprint density at radius 3 is 1.86 bits per heavy atom. The third-order valence-electron chi connectivity index (χ3n) is 0.667. The second kappa shape index (κ2) is 6.02. The second-order valence-corrected chi connectivity index (χ2v) is 4.53. The molecule has 0 saturated carbocycles. The van der Waals surface area contributed by atoms with Crippen LogP contribution in [-0.4, -0.2) is 15.4 Å². The zero-order chi connectivity index (χ0) is 5.54. The van der Waals surface area contributed by atoms with E-state index in [1.54, 1.807) is 0 Å². The summed E-state index contributed by atoms with van der Waals surface area (Å²) in [6, 6.07) is 0. The summed E-state index contributed by atoms with van der Waals surface area (Å²) in [6.45, 7) is 7.27. The normalized spacial score (nSPS) is 8.00. The van der Waals surface area contributed by atoms with Gasteiger partial charge in [0.15, 0.2) is 0 Å². The van der Waals surface area contributed by atoms with Crippen molar-refractivity contribution in [2.24, 2.45) is 0 Å². The van der Waals surface area contributed by atoms with Crippen molar-refractivity contribution in [1.82, 2.24) is 0 Å². The van der Waals surface area contributed by atoms with E-state index < -0.39 is 0 Å². The van der Waals surface area contributed by atoms with Crippen LogP contribution in [0.2, 0.25) is 10.5 Å². The van der Waals surface area contributed by atoms with Gasteiger partial charge in [0.1, 0.15) is 0 Å². The van der Waals surface area contributed by atoms with Gasteiger partial charge in [-0.05, 0) is 0 Å². The average molecular weight is 156 g/mol. The quantitative estimate of drug-likeness (QED) is 0.329. The molecule has 0 rings (SSSR count). The van der Waals surface area contributed by atoms with E-state index in [9.17, 15) is 0 Å². The maximum atomic E-state index is 3.64. The van der Waals surface area contributed by atoms with Gasteiger partial charge in [-0.25, -0.2) is 0 Å². The molecular formula is C6H11Ge. The first-order valence-electron chi connectivity index (χ1n) is 2.45. The third-order valence-corrected chi connectivity index (χ3v) is 3.46. The minimum atomic E-state index is 0.0469. The van der Waals surface area contributed by atoms with E-state index in [0.29, 0.717) is 0 Å². The second-order valence-electron chi connectivity index (χ2n) is 1.34. The van der Waals surface area contributed by atoms with Gasteiger partial charge in [-0.2, -0.15) is 0 Å². The Balaban J connectivity index is 2.68. The summed E-state index contributed by atoms with van der Waals surface area (Å²) in [5.41, 5.74) is 0. The van der Waals surface area contributed by atoms with Crippen molar-refractivity contribution < 1.29 is 0 Å². The molecule has 7 heavy (non-hydrogen) atoms. The fourth-order valence-electron chi connectivity index (χ4n) is 0.332. The molecule has 0 bridgehead atoms. The Kier molecular flexibility index (Phi) is 6.04. The van der Waals surface area contributed by atoms with Crippen LogP contribution >= 0.6 is 0 Å². The molecule has 39 valence electrons. The molecule has 0 saturated heterocycles. The Bertz CT molecular complexity index is 49.2. The van der Waals surface area contributed by atoms with E-state index in [-0.39, 0.29) is 15.4 Å². The predicted molar refractivity (Wildman–Crippen MR) is 37.2 cm³/mol. The summed E-state index contributed by atoms with van der Waals surface area (Å²) in [7, 11) is 0. The van der Waals surface area contributed by atoms with Crippen LogP contribution in [0, 0.1) is 0 Å². The van der Waals surface area contributed by atoms with Crippen LogP contribution in [0.25, 0.3) is 0 Å². The molecular weight excluding hydrogens is 145 g/mol. The molecule has 1 heteroatoms. The van der Waals surface area contributed by atoms with E-state index in [4.69, 9.17) is 0 Å². The summed E-state index contributed by atoms with van der Waals surface area (Å²) in [6.07, 6.45) is 4.01. The summed E-state index contributed by atoms with van der Waals surface area (Å²) < 4.78 is 0. The van der Waals surface area contributed by atoms with Gasteiger partial charge in [0, 0.05) is 0 Å². The standard InChI is InChI=1S/C6H11Ge/c1-3-5-7-6-4-2/h3-4,7H,1-2,5-6H2. The Hall–Kier alpha value is 0.0229.